The predicted molar refractivity (Wildman–Crippen MR) is 114 cm³/mol. The van der Waals surface area contributed by atoms with E-state index in [0.29, 0.717) is 10.1 Å². The molecule has 3 rings (SSSR count). The number of nitrogens with one attached hydrogen (secondary N) is 3. The first-order chi connectivity index (χ1) is 12.7. The zero-order chi connectivity index (χ0) is 19.6. The molecular formula is C20H22ClN3O2S. The molecule has 0 spiro atoms. The number of rotatable bonds is 3. The topological polar surface area (TPSA) is 62.4 Å². The predicted octanol–water partition coefficient (Wildman–Crippen LogP) is 4.89. The highest BCUT2D eigenvalue weighted by Crippen LogP contribution is 2.40. The summed E-state index contributed by atoms with van der Waals surface area (Å²) >= 11 is 11.4. The lowest BCUT2D eigenvalue weighted by Gasteiger charge is -2.38. The van der Waals surface area contributed by atoms with Crippen molar-refractivity contribution >= 4 is 46.2 Å². The normalized spacial score (nSPS) is 17.3. The average molecular weight is 404 g/mol. The van der Waals surface area contributed by atoms with Gasteiger partial charge in [-0.2, -0.15) is 0 Å². The Hall–Kier alpha value is -2.31. The Morgan fingerprint density at radius 3 is 2.48 bits per heavy atom. The third-order valence-electron chi connectivity index (χ3n) is 4.19. The minimum atomic E-state index is -0.337. The first-order valence-electron chi connectivity index (χ1n) is 8.65. The van der Waals surface area contributed by atoms with Crippen molar-refractivity contribution in [3.05, 3.63) is 53.1 Å². The van der Waals surface area contributed by atoms with Crippen LogP contribution in [0.5, 0.6) is 5.75 Å². The molecule has 5 nitrogen and oxygen atoms in total. The maximum absolute atomic E-state index is 11.4. The number of halogens is 1. The van der Waals surface area contributed by atoms with E-state index in [1.165, 1.54) is 6.92 Å². The van der Waals surface area contributed by atoms with Gasteiger partial charge in [0, 0.05) is 35.3 Å². The SMILES string of the molecule is CC(=O)Nc1ccc2c(c1)C(NC(=S)Nc1ccc(Cl)cc1)CC(C)(C)O2. The van der Waals surface area contributed by atoms with Crippen molar-refractivity contribution < 1.29 is 9.53 Å². The van der Waals surface area contributed by atoms with E-state index in [2.05, 4.69) is 16.0 Å². The highest BCUT2D eigenvalue weighted by molar-refractivity contribution is 7.80. The Balaban J connectivity index is 1.80. The second-order valence-corrected chi connectivity index (χ2v) is 8.00. The van der Waals surface area contributed by atoms with E-state index < -0.39 is 0 Å². The minimum Gasteiger partial charge on any atom is -0.487 e. The highest BCUT2D eigenvalue weighted by Gasteiger charge is 2.34. The maximum Gasteiger partial charge on any atom is 0.221 e. The Morgan fingerprint density at radius 2 is 1.81 bits per heavy atom. The summed E-state index contributed by atoms with van der Waals surface area (Å²) in [6, 6.07) is 12.9. The summed E-state index contributed by atoms with van der Waals surface area (Å²) in [6.07, 6.45) is 0.728. The summed E-state index contributed by atoms with van der Waals surface area (Å²) in [7, 11) is 0. The van der Waals surface area contributed by atoms with Crippen LogP contribution < -0.4 is 20.7 Å². The second-order valence-electron chi connectivity index (χ2n) is 7.16. The maximum atomic E-state index is 11.4. The zero-order valence-corrected chi connectivity index (χ0v) is 17.0. The second kappa shape index (κ2) is 7.74. The Bertz CT molecular complexity index is 868. The lowest BCUT2D eigenvalue weighted by atomic mass is 9.89. The first-order valence-corrected chi connectivity index (χ1v) is 9.44. The molecule has 0 aromatic heterocycles. The van der Waals surface area contributed by atoms with Crippen LogP contribution in [-0.2, 0) is 4.79 Å². The molecule has 0 saturated heterocycles. The molecule has 0 bridgehead atoms. The molecule has 2 aromatic carbocycles. The number of anilines is 2. The number of fused-ring (bicyclic) bond motifs is 1. The number of benzene rings is 2. The van der Waals surface area contributed by atoms with Crippen molar-refractivity contribution in [2.75, 3.05) is 10.6 Å². The summed E-state index contributed by atoms with van der Waals surface area (Å²) in [6.45, 7) is 5.57. The molecule has 0 aliphatic carbocycles. The molecule has 27 heavy (non-hydrogen) atoms. The van der Waals surface area contributed by atoms with Crippen LogP contribution in [0.15, 0.2) is 42.5 Å². The molecule has 1 amide bonds. The summed E-state index contributed by atoms with van der Waals surface area (Å²) < 4.78 is 6.09. The van der Waals surface area contributed by atoms with Crippen LogP contribution in [0.3, 0.4) is 0 Å². The van der Waals surface area contributed by atoms with Gasteiger partial charge in [-0.3, -0.25) is 4.79 Å². The quantitative estimate of drug-likeness (QED) is 0.637. The van der Waals surface area contributed by atoms with Gasteiger partial charge >= 0.3 is 0 Å². The number of carbonyl (C=O) groups excluding carboxylic acids is 1. The van der Waals surface area contributed by atoms with E-state index in [4.69, 9.17) is 28.6 Å². The number of amides is 1. The van der Waals surface area contributed by atoms with E-state index >= 15 is 0 Å². The fourth-order valence-corrected chi connectivity index (χ4v) is 3.51. The van der Waals surface area contributed by atoms with Crippen molar-refractivity contribution in [1.29, 1.82) is 0 Å². The van der Waals surface area contributed by atoms with Crippen molar-refractivity contribution in [3.8, 4) is 5.75 Å². The fourth-order valence-electron chi connectivity index (χ4n) is 3.12. The fraction of sp³-hybridized carbons (Fsp3) is 0.300. The number of hydrogen-bond acceptors (Lipinski definition) is 3. The monoisotopic (exact) mass is 403 g/mol. The van der Waals surface area contributed by atoms with Crippen molar-refractivity contribution in [1.82, 2.24) is 5.32 Å². The Morgan fingerprint density at radius 1 is 1.15 bits per heavy atom. The van der Waals surface area contributed by atoms with Gasteiger partial charge in [0.1, 0.15) is 11.4 Å². The van der Waals surface area contributed by atoms with E-state index in [1.807, 2.05) is 44.2 Å². The first kappa shape index (κ1) is 19.5. The van der Waals surface area contributed by atoms with Gasteiger partial charge in [-0.15, -0.1) is 0 Å². The van der Waals surface area contributed by atoms with E-state index in [9.17, 15) is 4.79 Å². The molecule has 1 unspecified atom stereocenters. The van der Waals surface area contributed by atoms with Crippen molar-refractivity contribution in [2.24, 2.45) is 0 Å². The lowest BCUT2D eigenvalue weighted by molar-refractivity contribution is -0.114. The molecule has 1 atom stereocenters. The van der Waals surface area contributed by atoms with Gasteiger partial charge in [0.05, 0.1) is 6.04 Å². The van der Waals surface area contributed by atoms with Crippen LogP contribution in [0.4, 0.5) is 11.4 Å². The van der Waals surface area contributed by atoms with Gasteiger partial charge in [-0.25, -0.2) is 0 Å². The lowest BCUT2D eigenvalue weighted by Crippen LogP contribution is -2.42. The molecular weight excluding hydrogens is 382 g/mol. The number of thiocarbonyl (C=S) groups is 1. The van der Waals surface area contributed by atoms with Crippen LogP contribution in [0.2, 0.25) is 5.02 Å². The molecule has 3 N–H and O–H groups in total. The summed E-state index contributed by atoms with van der Waals surface area (Å²) in [5.41, 5.74) is 2.21. The molecule has 7 heteroatoms. The van der Waals surface area contributed by atoms with Gasteiger partial charge in [0.15, 0.2) is 5.11 Å². The van der Waals surface area contributed by atoms with E-state index in [1.54, 1.807) is 12.1 Å². The van der Waals surface area contributed by atoms with Crippen molar-refractivity contribution in [2.45, 2.75) is 38.8 Å². The average Bonchev–Trinajstić information content (AvgIpc) is 2.56. The largest absolute Gasteiger partial charge is 0.487 e. The van der Waals surface area contributed by atoms with Crippen LogP contribution in [0.1, 0.15) is 38.8 Å². The molecule has 142 valence electrons. The van der Waals surface area contributed by atoms with E-state index in [-0.39, 0.29) is 17.6 Å². The Kier molecular flexibility index (Phi) is 5.58. The smallest absolute Gasteiger partial charge is 0.221 e. The third kappa shape index (κ3) is 5.11. The van der Waals surface area contributed by atoms with Gasteiger partial charge in [0.2, 0.25) is 5.91 Å². The van der Waals surface area contributed by atoms with E-state index in [0.717, 1.165) is 29.1 Å². The highest BCUT2D eigenvalue weighted by atomic mass is 35.5. The molecule has 0 saturated carbocycles. The summed E-state index contributed by atoms with van der Waals surface area (Å²) in [5.74, 6) is 0.670. The molecule has 0 fully saturated rings. The molecule has 2 aromatic rings. The molecule has 1 aliphatic rings. The summed E-state index contributed by atoms with van der Waals surface area (Å²) in [4.78, 5) is 11.4. The Labute approximate surface area is 169 Å². The number of carbonyl (C=O) groups is 1. The van der Waals surface area contributed by atoms with Crippen LogP contribution in [0, 0.1) is 0 Å². The molecule has 0 radical (unpaired) electrons. The number of hydrogen-bond donors (Lipinski definition) is 3. The van der Waals surface area contributed by atoms with Gasteiger partial charge in [-0.05, 0) is 68.5 Å². The number of ether oxygens (including phenoxy) is 1. The standard InChI is InChI=1S/C20H22ClN3O2S/c1-12(25)22-15-8-9-18-16(10-15)17(11-20(2,3)26-18)24-19(27)23-14-6-4-13(21)5-7-14/h4-10,17H,11H2,1-3H3,(H,22,25)(H2,23,24,27). The van der Waals surface area contributed by atoms with Gasteiger partial charge in [0.25, 0.3) is 0 Å². The van der Waals surface area contributed by atoms with Crippen molar-refractivity contribution in [3.63, 3.8) is 0 Å². The van der Waals surface area contributed by atoms with Gasteiger partial charge in [-0.1, -0.05) is 11.6 Å². The molecule has 1 aliphatic heterocycles. The van der Waals surface area contributed by atoms with Crippen LogP contribution in [-0.4, -0.2) is 16.6 Å². The minimum absolute atomic E-state index is 0.0511. The van der Waals surface area contributed by atoms with Crippen LogP contribution in [0.25, 0.3) is 0 Å². The van der Waals surface area contributed by atoms with Crippen LogP contribution >= 0.6 is 23.8 Å². The molecule has 1 heterocycles. The zero-order valence-electron chi connectivity index (χ0n) is 15.4. The van der Waals surface area contributed by atoms with Gasteiger partial charge < -0.3 is 20.7 Å². The third-order valence-corrected chi connectivity index (χ3v) is 4.67. The summed E-state index contributed by atoms with van der Waals surface area (Å²) in [5, 5.41) is 10.5.